The van der Waals surface area contributed by atoms with Gasteiger partial charge in [-0.05, 0) is 49.2 Å². The molecule has 2 aliphatic rings. The zero-order valence-electron chi connectivity index (χ0n) is 22.9. The summed E-state index contributed by atoms with van der Waals surface area (Å²) in [7, 11) is -8.64. The lowest BCUT2D eigenvalue weighted by atomic mass is 10.1. The SMILES string of the molecule is N#Cc1ccc(Oc2cc(Cl)cc(Cl)c2)c(S(=O)(=O)N2CCC(NC(=O)NCCN3CCOCC3)CC2)c1.O=P(O)(O)O. The molecule has 0 aromatic heterocycles. The second-order valence-corrected chi connectivity index (χ2v) is 13.3. The molecule has 0 spiro atoms. The number of nitriles is 1. The lowest BCUT2D eigenvalue weighted by Gasteiger charge is -2.32. The number of carbonyl (C=O) groups excluding carboxylic acids is 1. The van der Waals surface area contributed by atoms with Crippen molar-refractivity contribution in [2.75, 3.05) is 52.5 Å². The first-order valence-corrected chi connectivity index (χ1v) is 16.8. The van der Waals surface area contributed by atoms with Crippen molar-refractivity contribution in [1.82, 2.24) is 19.8 Å². The lowest BCUT2D eigenvalue weighted by Crippen LogP contribution is -2.50. The molecule has 43 heavy (non-hydrogen) atoms. The van der Waals surface area contributed by atoms with Crippen LogP contribution in [0.25, 0.3) is 0 Å². The van der Waals surface area contributed by atoms with Crippen LogP contribution in [-0.2, 0) is 19.3 Å². The smallest absolute Gasteiger partial charge is 0.456 e. The fourth-order valence-electron chi connectivity index (χ4n) is 4.35. The van der Waals surface area contributed by atoms with E-state index in [0.29, 0.717) is 42.6 Å². The molecule has 2 aromatic carbocycles. The van der Waals surface area contributed by atoms with Gasteiger partial charge in [0, 0.05) is 55.4 Å². The number of amides is 2. The van der Waals surface area contributed by atoms with Gasteiger partial charge in [0.05, 0.1) is 24.8 Å². The fraction of sp³-hybridized carbons (Fsp3) is 0.440. The maximum Gasteiger partial charge on any atom is 0.466 e. The van der Waals surface area contributed by atoms with Crippen molar-refractivity contribution in [3.05, 3.63) is 52.0 Å². The van der Waals surface area contributed by atoms with E-state index >= 15 is 0 Å². The zero-order valence-corrected chi connectivity index (χ0v) is 26.1. The van der Waals surface area contributed by atoms with Crippen LogP contribution in [0.1, 0.15) is 18.4 Å². The van der Waals surface area contributed by atoms with Gasteiger partial charge in [-0.2, -0.15) is 9.57 Å². The second kappa shape index (κ2) is 16.0. The number of phosphoric acid groups is 1. The molecule has 2 aromatic rings. The van der Waals surface area contributed by atoms with E-state index in [9.17, 15) is 18.5 Å². The molecule has 14 nitrogen and oxygen atoms in total. The molecule has 0 unspecified atom stereocenters. The van der Waals surface area contributed by atoms with Crippen LogP contribution in [0.15, 0.2) is 41.3 Å². The summed E-state index contributed by atoms with van der Waals surface area (Å²) >= 11 is 12.1. The quantitative estimate of drug-likeness (QED) is 0.257. The Morgan fingerprint density at radius 3 is 2.26 bits per heavy atom. The first kappa shape index (κ1) is 35.0. The molecule has 4 rings (SSSR count). The van der Waals surface area contributed by atoms with E-state index in [0.717, 1.165) is 19.6 Å². The minimum absolute atomic E-state index is 0.0576. The molecule has 2 heterocycles. The van der Waals surface area contributed by atoms with E-state index in [-0.39, 0.29) is 47.1 Å². The Balaban J connectivity index is 0.000000934. The van der Waals surface area contributed by atoms with E-state index in [1.54, 1.807) is 0 Å². The highest BCUT2D eigenvalue weighted by molar-refractivity contribution is 7.89. The van der Waals surface area contributed by atoms with Gasteiger partial charge in [-0.25, -0.2) is 17.8 Å². The largest absolute Gasteiger partial charge is 0.466 e. The van der Waals surface area contributed by atoms with Gasteiger partial charge >= 0.3 is 13.9 Å². The number of nitrogens with zero attached hydrogens (tertiary/aromatic N) is 3. The van der Waals surface area contributed by atoms with Crippen LogP contribution < -0.4 is 15.4 Å². The summed E-state index contributed by atoms with van der Waals surface area (Å²) in [4.78, 5) is 36.0. The highest BCUT2D eigenvalue weighted by Gasteiger charge is 2.32. The molecule has 236 valence electrons. The van der Waals surface area contributed by atoms with E-state index in [2.05, 4.69) is 15.5 Å². The van der Waals surface area contributed by atoms with Crippen molar-refractivity contribution in [2.45, 2.75) is 23.8 Å². The van der Waals surface area contributed by atoms with Crippen LogP contribution >= 0.6 is 31.0 Å². The van der Waals surface area contributed by atoms with Crippen molar-refractivity contribution in [3.63, 3.8) is 0 Å². The molecule has 5 N–H and O–H groups in total. The van der Waals surface area contributed by atoms with E-state index < -0.39 is 17.8 Å². The standard InChI is InChI=1S/C25H29Cl2N5O5S.H3O4P/c26-19-14-20(27)16-22(15-19)37-23-2-1-18(17-28)13-24(23)38(34,35)32-6-3-21(4-7-32)30-25(33)29-5-8-31-9-11-36-12-10-31;1-5(2,3)4/h1-2,13-16,21H,3-12H2,(H2,29,30,33);(H3,1,2,3,4). The molecule has 2 amide bonds. The molecule has 18 heteroatoms. The molecule has 2 fully saturated rings. The average Bonchev–Trinajstić information content (AvgIpc) is 2.92. The van der Waals surface area contributed by atoms with Crippen molar-refractivity contribution in [2.24, 2.45) is 0 Å². The highest BCUT2D eigenvalue weighted by Crippen LogP contribution is 2.35. The number of benzene rings is 2. The number of halogens is 2. The summed E-state index contributed by atoms with van der Waals surface area (Å²) in [6, 6.07) is 10.3. The predicted molar refractivity (Wildman–Crippen MR) is 158 cm³/mol. The molecule has 0 atom stereocenters. The van der Waals surface area contributed by atoms with Crippen LogP contribution in [0.3, 0.4) is 0 Å². The summed E-state index contributed by atoms with van der Waals surface area (Å²) in [5.74, 6) is 0.327. The Hall–Kier alpha value is -2.48. The van der Waals surface area contributed by atoms with Gasteiger partial charge < -0.3 is 34.8 Å². The molecule has 2 aliphatic heterocycles. The van der Waals surface area contributed by atoms with Crippen LogP contribution in [0.2, 0.25) is 10.0 Å². The summed E-state index contributed by atoms with van der Waals surface area (Å²) in [6.45, 7) is 4.81. The van der Waals surface area contributed by atoms with Crippen LogP contribution in [-0.4, -0.2) is 96.9 Å². The third kappa shape index (κ3) is 11.8. The predicted octanol–water partition coefficient (Wildman–Crippen LogP) is 2.51. The first-order chi connectivity index (χ1) is 20.2. The molecule has 2 saturated heterocycles. The maximum atomic E-state index is 13.6. The van der Waals surface area contributed by atoms with Gasteiger partial charge in [-0.1, -0.05) is 23.2 Å². The number of nitrogens with one attached hydrogen (secondary N) is 2. The third-order valence-electron chi connectivity index (χ3n) is 6.36. The molecule has 0 saturated carbocycles. The van der Waals surface area contributed by atoms with Crippen molar-refractivity contribution in [3.8, 4) is 17.6 Å². The average molecular weight is 681 g/mol. The number of carbonyl (C=O) groups is 1. The van der Waals surface area contributed by atoms with E-state index in [1.165, 1.54) is 40.7 Å². The van der Waals surface area contributed by atoms with E-state index in [4.69, 9.17) is 51.9 Å². The van der Waals surface area contributed by atoms with Crippen LogP contribution in [0.5, 0.6) is 11.5 Å². The Bertz CT molecular complexity index is 1430. The van der Waals surface area contributed by atoms with Gasteiger partial charge in [0.2, 0.25) is 10.0 Å². The van der Waals surface area contributed by atoms with Gasteiger partial charge in [-0.3, -0.25) is 4.90 Å². The van der Waals surface area contributed by atoms with E-state index in [1.807, 2.05) is 6.07 Å². The third-order valence-corrected chi connectivity index (χ3v) is 8.72. The Morgan fingerprint density at radius 1 is 1.07 bits per heavy atom. The highest BCUT2D eigenvalue weighted by atomic mass is 35.5. The number of morpholine rings is 1. The molecular formula is C25H32Cl2N5O9PS. The van der Waals surface area contributed by atoms with Gasteiger partial charge in [0.25, 0.3) is 0 Å². The topological polar surface area (TPSA) is 202 Å². The molecule has 0 radical (unpaired) electrons. The van der Waals surface area contributed by atoms with Gasteiger partial charge in [0.15, 0.2) is 0 Å². The minimum atomic E-state index is -4.64. The number of rotatable bonds is 8. The second-order valence-electron chi connectivity index (χ2n) is 9.53. The number of hydrogen-bond acceptors (Lipinski definition) is 8. The molecule has 0 aliphatic carbocycles. The number of hydrogen-bond donors (Lipinski definition) is 5. The zero-order chi connectivity index (χ0) is 31.6. The maximum absolute atomic E-state index is 13.6. The van der Waals surface area contributed by atoms with Gasteiger partial charge in [0.1, 0.15) is 16.4 Å². The Labute approximate surface area is 259 Å². The van der Waals surface area contributed by atoms with Crippen LogP contribution in [0.4, 0.5) is 4.79 Å². The fourth-order valence-corrected chi connectivity index (χ4v) is 6.46. The summed E-state index contributed by atoms with van der Waals surface area (Å²) in [6.07, 6.45) is 0.905. The minimum Gasteiger partial charge on any atom is -0.456 e. The Morgan fingerprint density at radius 2 is 1.67 bits per heavy atom. The number of sulfonamides is 1. The summed E-state index contributed by atoms with van der Waals surface area (Å²) in [5, 5.41) is 15.8. The summed E-state index contributed by atoms with van der Waals surface area (Å²) < 4.78 is 48.6. The monoisotopic (exact) mass is 679 g/mol. The number of urea groups is 1. The number of piperidine rings is 1. The molecule has 0 bridgehead atoms. The van der Waals surface area contributed by atoms with Crippen molar-refractivity contribution >= 4 is 47.1 Å². The van der Waals surface area contributed by atoms with Crippen molar-refractivity contribution in [1.29, 1.82) is 5.26 Å². The first-order valence-electron chi connectivity index (χ1n) is 13.1. The Kier molecular flexibility index (Phi) is 13.0. The van der Waals surface area contributed by atoms with Gasteiger partial charge in [-0.15, -0.1) is 0 Å². The summed E-state index contributed by atoms with van der Waals surface area (Å²) in [5.41, 5.74) is 0.186. The number of ether oxygens (including phenoxy) is 2. The molecular weight excluding hydrogens is 648 g/mol. The lowest BCUT2D eigenvalue weighted by molar-refractivity contribution is 0.0387. The van der Waals surface area contributed by atoms with Crippen LogP contribution in [0, 0.1) is 11.3 Å². The normalized spacial score (nSPS) is 16.8. The van der Waals surface area contributed by atoms with Crippen molar-refractivity contribution < 1.29 is 41.9 Å².